The van der Waals surface area contributed by atoms with Crippen LogP contribution in [0.1, 0.15) is 98.0 Å². The minimum atomic E-state index is -1.39. The van der Waals surface area contributed by atoms with Crippen LogP contribution >= 0.6 is 0 Å². The van der Waals surface area contributed by atoms with Crippen LogP contribution in [0.2, 0.25) is 0 Å². The topological polar surface area (TPSA) is 129 Å². The van der Waals surface area contributed by atoms with Gasteiger partial charge >= 0.3 is 0 Å². The summed E-state index contributed by atoms with van der Waals surface area (Å²) in [6.45, 7) is 16.2. The molecule has 1 heterocycles. The van der Waals surface area contributed by atoms with Crippen LogP contribution < -0.4 is 9.47 Å². The van der Waals surface area contributed by atoms with Gasteiger partial charge in [0.1, 0.15) is 29.3 Å². The number of amides is 1. The van der Waals surface area contributed by atoms with E-state index in [1.165, 1.54) is 5.57 Å². The SMILES string of the molecule is C=C1/C(=C\C=C2/CCC[C@]3(C)[C@@H]([C@H](C)C[C@H]4C[C@](C)(O)C(=O)N4Cc4cc(OCC)cc(OCC)c4)CC[C@@H]23)C[C@@H](O)[C@H](OCCCO)[C@@H]1O. The summed E-state index contributed by atoms with van der Waals surface area (Å²) in [5.41, 5.74) is 2.54. The van der Waals surface area contributed by atoms with E-state index in [1.807, 2.05) is 36.9 Å². The van der Waals surface area contributed by atoms with Crippen molar-refractivity contribution in [2.75, 3.05) is 26.4 Å². The van der Waals surface area contributed by atoms with Gasteiger partial charge in [-0.25, -0.2) is 0 Å². The van der Waals surface area contributed by atoms with E-state index in [1.54, 1.807) is 6.92 Å². The molecular weight excluding hydrogens is 634 g/mol. The maximum absolute atomic E-state index is 13.6. The number of allylic oxidation sites excluding steroid dienone is 3. The second kappa shape index (κ2) is 16.3. The molecule has 0 aromatic heterocycles. The molecule has 1 amide bonds. The van der Waals surface area contributed by atoms with E-state index in [4.69, 9.17) is 19.3 Å². The van der Waals surface area contributed by atoms with Crippen molar-refractivity contribution in [3.05, 3.63) is 59.2 Å². The number of carbonyl (C=O) groups is 1. The Morgan fingerprint density at radius 2 is 1.78 bits per heavy atom. The van der Waals surface area contributed by atoms with E-state index >= 15 is 0 Å². The van der Waals surface area contributed by atoms with Crippen LogP contribution in [0.15, 0.2) is 53.6 Å². The molecule has 4 fully saturated rings. The molecule has 0 bridgehead atoms. The molecule has 50 heavy (non-hydrogen) atoms. The van der Waals surface area contributed by atoms with Crippen LogP contribution in [0.3, 0.4) is 0 Å². The lowest BCUT2D eigenvalue weighted by atomic mass is 9.60. The summed E-state index contributed by atoms with van der Waals surface area (Å²) < 4.78 is 17.3. The standard InChI is InChI=1S/C41H61NO8/c1-7-48-32-20-28(21-33(23-32)49-8-2)25-42-31(24-41(6,47)39(42)46)19-26(3)34-14-15-35-29(11-9-16-40(34,35)5)12-13-30-22-36(44)38(37(45)27(30)4)50-18-10-17-43/h12-13,20-21,23,26,31,34-38,43-45,47H,4,7-11,14-19,22,24-25H2,1-3,5-6H3/b29-12+,30-13-/t26-,31+,34-,35+,36-,37-,38+,40-,41+/m1/s1. The van der Waals surface area contributed by atoms with Crippen molar-refractivity contribution < 1.29 is 39.4 Å². The third-order valence-corrected chi connectivity index (χ3v) is 12.1. The van der Waals surface area contributed by atoms with Crippen molar-refractivity contribution in [1.29, 1.82) is 0 Å². The Hall–Kier alpha value is -2.69. The molecule has 1 aromatic carbocycles. The molecule has 1 aromatic rings. The third-order valence-electron chi connectivity index (χ3n) is 12.1. The highest BCUT2D eigenvalue weighted by Crippen LogP contribution is 2.60. The highest BCUT2D eigenvalue weighted by atomic mass is 16.5. The van der Waals surface area contributed by atoms with Gasteiger partial charge in [-0.2, -0.15) is 0 Å². The largest absolute Gasteiger partial charge is 0.494 e. The van der Waals surface area contributed by atoms with Gasteiger partial charge in [0.25, 0.3) is 5.91 Å². The van der Waals surface area contributed by atoms with Gasteiger partial charge in [0.05, 0.1) is 19.3 Å². The van der Waals surface area contributed by atoms with E-state index in [0.717, 1.165) is 49.7 Å². The first-order chi connectivity index (χ1) is 23.8. The highest BCUT2D eigenvalue weighted by molar-refractivity contribution is 5.87. The van der Waals surface area contributed by atoms with Crippen LogP contribution in [-0.4, -0.2) is 87.6 Å². The average molecular weight is 696 g/mol. The zero-order valence-corrected chi connectivity index (χ0v) is 30.9. The van der Waals surface area contributed by atoms with Crippen LogP contribution in [0.25, 0.3) is 0 Å². The fraction of sp³-hybridized carbons (Fsp3) is 0.683. The second-order valence-corrected chi connectivity index (χ2v) is 15.6. The Bertz CT molecular complexity index is 1390. The summed E-state index contributed by atoms with van der Waals surface area (Å²) >= 11 is 0. The normalized spacial score (nSPS) is 35.2. The van der Waals surface area contributed by atoms with Crippen molar-refractivity contribution >= 4 is 5.91 Å². The summed E-state index contributed by atoms with van der Waals surface area (Å²) in [4.78, 5) is 15.5. The van der Waals surface area contributed by atoms with Gasteiger partial charge in [-0.3, -0.25) is 4.79 Å². The first kappa shape index (κ1) is 38.5. The van der Waals surface area contributed by atoms with Gasteiger partial charge in [0.15, 0.2) is 0 Å². The molecule has 0 spiro atoms. The van der Waals surface area contributed by atoms with Crippen molar-refractivity contribution in [3.63, 3.8) is 0 Å². The Kier molecular flexibility index (Phi) is 12.6. The molecule has 3 aliphatic carbocycles. The first-order valence-electron chi connectivity index (χ1n) is 18.9. The number of ether oxygens (including phenoxy) is 3. The summed E-state index contributed by atoms with van der Waals surface area (Å²) in [5, 5.41) is 41.9. The predicted molar refractivity (Wildman–Crippen MR) is 194 cm³/mol. The minimum Gasteiger partial charge on any atom is -0.494 e. The second-order valence-electron chi connectivity index (χ2n) is 15.6. The van der Waals surface area contributed by atoms with Gasteiger partial charge in [0.2, 0.25) is 0 Å². The van der Waals surface area contributed by atoms with E-state index in [2.05, 4.69) is 32.6 Å². The molecule has 9 heteroatoms. The summed E-state index contributed by atoms with van der Waals surface area (Å²) in [6.07, 6.45) is 9.33. The van der Waals surface area contributed by atoms with E-state index in [9.17, 15) is 20.1 Å². The summed E-state index contributed by atoms with van der Waals surface area (Å²) in [7, 11) is 0. The van der Waals surface area contributed by atoms with Gasteiger partial charge in [-0.15, -0.1) is 0 Å². The van der Waals surface area contributed by atoms with Gasteiger partial charge in [-0.05, 0) is 118 Å². The molecule has 9 nitrogen and oxygen atoms in total. The Morgan fingerprint density at radius 3 is 2.44 bits per heavy atom. The number of hydrogen-bond donors (Lipinski definition) is 4. The molecule has 9 atom stereocenters. The van der Waals surface area contributed by atoms with E-state index in [-0.39, 0.29) is 30.6 Å². The molecule has 0 radical (unpaired) electrons. The Morgan fingerprint density at radius 1 is 1.08 bits per heavy atom. The molecule has 3 saturated carbocycles. The molecule has 0 unspecified atom stereocenters. The van der Waals surface area contributed by atoms with Crippen LogP contribution in [0.5, 0.6) is 11.5 Å². The van der Waals surface area contributed by atoms with Crippen molar-refractivity contribution in [2.24, 2.45) is 23.2 Å². The van der Waals surface area contributed by atoms with Crippen molar-refractivity contribution in [1.82, 2.24) is 4.90 Å². The third kappa shape index (κ3) is 8.18. The van der Waals surface area contributed by atoms with E-state index < -0.39 is 23.9 Å². The number of nitrogens with zero attached hydrogens (tertiary/aromatic N) is 1. The predicted octanol–water partition coefficient (Wildman–Crippen LogP) is 5.88. The lowest BCUT2D eigenvalue weighted by molar-refractivity contribution is -0.142. The van der Waals surface area contributed by atoms with Gasteiger partial charge in [-0.1, -0.05) is 38.2 Å². The summed E-state index contributed by atoms with van der Waals surface area (Å²) in [5.74, 6) is 2.50. The number of benzene rings is 1. The average Bonchev–Trinajstić information content (AvgIpc) is 3.52. The number of hydrogen-bond acceptors (Lipinski definition) is 8. The van der Waals surface area contributed by atoms with Crippen molar-refractivity contribution in [3.8, 4) is 11.5 Å². The van der Waals surface area contributed by atoms with Crippen LogP contribution in [0.4, 0.5) is 0 Å². The zero-order valence-electron chi connectivity index (χ0n) is 30.9. The summed E-state index contributed by atoms with van der Waals surface area (Å²) in [6, 6.07) is 5.74. The number of aliphatic hydroxyl groups excluding tert-OH is 3. The number of likely N-dealkylation sites (tertiary alicyclic amines) is 1. The monoisotopic (exact) mass is 695 g/mol. The lowest BCUT2D eigenvalue weighted by Gasteiger charge is -2.45. The number of aliphatic hydroxyl groups is 4. The number of rotatable bonds is 14. The highest BCUT2D eigenvalue weighted by Gasteiger charge is 2.53. The maximum Gasteiger partial charge on any atom is 0.254 e. The molecule has 4 N–H and O–H groups in total. The van der Waals surface area contributed by atoms with Crippen LogP contribution in [0, 0.1) is 23.2 Å². The van der Waals surface area contributed by atoms with Gasteiger partial charge in [0, 0.05) is 44.7 Å². The van der Waals surface area contributed by atoms with E-state index in [0.29, 0.717) is 73.8 Å². The fourth-order valence-corrected chi connectivity index (χ4v) is 9.71. The first-order valence-corrected chi connectivity index (χ1v) is 18.9. The minimum absolute atomic E-state index is 0.000482. The molecule has 4 aliphatic rings. The van der Waals surface area contributed by atoms with Gasteiger partial charge < -0.3 is 39.5 Å². The molecular formula is C41H61NO8. The Labute approximate surface area is 299 Å². The lowest BCUT2D eigenvalue weighted by Crippen LogP contribution is -2.45. The Balaban J connectivity index is 1.29. The molecule has 5 rings (SSSR count). The number of fused-ring (bicyclic) bond motifs is 1. The van der Waals surface area contributed by atoms with Crippen LogP contribution in [-0.2, 0) is 16.1 Å². The quantitative estimate of drug-likeness (QED) is 0.178. The molecule has 278 valence electrons. The fourth-order valence-electron chi connectivity index (χ4n) is 9.71. The van der Waals surface area contributed by atoms with Crippen molar-refractivity contribution in [2.45, 2.75) is 129 Å². The number of carbonyl (C=O) groups excluding carboxylic acids is 1. The molecule has 1 aliphatic heterocycles. The zero-order chi connectivity index (χ0) is 36.2. The molecule has 1 saturated heterocycles. The maximum atomic E-state index is 13.6. The smallest absolute Gasteiger partial charge is 0.254 e.